The molecule has 0 N–H and O–H groups in total. The van der Waals surface area contributed by atoms with Crippen LogP contribution >= 0.6 is 11.6 Å². The second kappa shape index (κ2) is 10.8. The van der Waals surface area contributed by atoms with E-state index in [1.54, 1.807) is 54.0 Å². The lowest BCUT2D eigenvalue weighted by Crippen LogP contribution is -2.38. The van der Waals surface area contributed by atoms with Gasteiger partial charge in [-0.2, -0.15) is 0 Å². The van der Waals surface area contributed by atoms with Crippen molar-refractivity contribution in [1.82, 2.24) is 14.5 Å². The number of ether oxygens (including phenoxy) is 1. The molecule has 33 heavy (non-hydrogen) atoms. The number of methoxy groups -OCH3 is 1. The molecule has 0 radical (unpaired) electrons. The quantitative estimate of drug-likeness (QED) is 0.398. The van der Waals surface area contributed by atoms with Crippen LogP contribution in [0.1, 0.15) is 58.3 Å². The lowest BCUT2D eigenvalue weighted by Gasteiger charge is -2.30. The van der Waals surface area contributed by atoms with Crippen LogP contribution in [0.4, 0.5) is 0 Å². The van der Waals surface area contributed by atoms with Crippen LogP contribution in [0.15, 0.2) is 47.3 Å². The van der Waals surface area contributed by atoms with Crippen LogP contribution in [0, 0.1) is 5.92 Å². The Morgan fingerprint density at radius 3 is 2.48 bits per heavy atom. The van der Waals surface area contributed by atoms with Gasteiger partial charge in [-0.1, -0.05) is 38.3 Å². The monoisotopic (exact) mass is 469 g/mol. The average Bonchev–Trinajstić information content (AvgIpc) is 2.83. The van der Waals surface area contributed by atoms with Gasteiger partial charge >= 0.3 is 0 Å². The molecule has 3 aromatic rings. The van der Waals surface area contributed by atoms with Gasteiger partial charge in [-0.25, -0.2) is 4.98 Å². The van der Waals surface area contributed by atoms with Crippen molar-refractivity contribution in [2.75, 3.05) is 14.2 Å². The summed E-state index contributed by atoms with van der Waals surface area (Å²) in [7, 11) is 3.38. The first kappa shape index (κ1) is 24.8. The molecule has 0 aliphatic heterocycles. The van der Waals surface area contributed by atoms with Crippen LogP contribution in [-0.2, 0) is 4.79 Å². The number of amides is 1. The highest BCUT2D eigenvalue weighted by molar-refractivity contribution is 6.31. The van der Waals surface area contributed by atoms with Crippen molar-refractivity contribution in [1.29, 1.82) is 0 Å². The van der Waals surface area contributed by atoms with E-state index in [2.05, 4.69) is 6.92 Å². The van der Waals surface area contributed by atoms with Crippen molar-refractivity contribution in [3.63, 3.8) is 0 Å². The van der Waals surface area contributed by atoms with Gasteiger partial charge in [-0.05, 0) is 62.2 Å². The van der Waals surface area contributed by atoms with Gasteiger partial charge in [0, 0.05) is 18.0 Å². The highest BCUT2D eigenvalue weighted by atomic mass is 35.5. The van der Waals surface area contributed by atoms with E-state index in [-0.39, 0.29) is 17.4 Å². The second-order valence-corrected chi connectivity index (χ2v) is 8.78. The molecule has 0 spiro atoms. The summed E-state index contributed by atoms with van der Waals surface area (Å²) in [4.78, 5) is 33.4. The van der Waals surface area contributed by atoms with Gasteiger partial charge in [-0.15, -0.1) is 0 Å². The number of carbonyl (C=O) groups is 1. The Balaban J connectivity index is 2.14. The summed E-state index contributed by atoms with van der Waals surface area (Å²) in [6.07, 6.45) is 3.69. The molecule has 7 heteroatoms. The van der Waals surface area contributed by atoms with E-state index in [1.165, 1.54) is 0 Å². The predicted molar refractivity (Wildman–Crippen MR) is 133 cm³/mol. The first-order chi connectivity index (χ1) is 15.8. The van der Waals surface area contributed by atoms with E-state index in [0.29, 0.717) is 33.2 Å². The molecule has 176 valence electrons. The first-order valence-corrected chi connectivity index (χ1v) is 11.8. The highest BCUT2D eigenvalue weighted by Gasteiger charge is 2.28. The van der Waals surface area contributed by atoms with E-state index >= 15 is 0 Å². The van der Waals surface area contributed by atoms with Crippen molar-refractivity contribution in [2.45, 2.75) is 52.5 Å². The molecule has 0 saturated carbocycles. The van der Waals surface area contributed by atoms with Crippen molar-refractivity contribution in [3.8, 4) is 11.4 Å². The Morgan fingerprint density at radius 2 is 1.88 bits per heavy atom. The Kier molecular flexibility index (Phi) is 8.14. The molecule has 2 unspecified atom stereocenters. The van der Waals surface area contributed by atoms with Crippen LogP contribution in [0.2, 0.25) is 5.02 Å². The number of halogens is 1. The number of hydrogen-bond donors (Lipinski definition) is 0. The van der Waals surface area contributed by atoms with Crippen LogP contribution in [0.3, 0.4) is 0 Å². The molecule has 0 saturated heterocycles. The number of carbonyl (C=O) groups excluding carboxylic acids is 1. The summed E-state index contributed by atoms with van der Waals surface area (Å²) in [5.74, 6) is 1.20. The summed E-state index contributed by atoms with van der Waals surface area (Å²) in [6.45, 7) is 6.07. The van der Waals surface area contributed by atoms with Crippen molar-refractivity contribution in [3.05, 3.63) is 63.7 Å². The molecule has 0 bridgehead atoms. The lowest BCUT2D eigenvalue weighted by atomic mass is 9.97. The SMILES string of the molecule is CCCCC(CC)C(=O)N(C)C(C)c1nc2cc(Cl)ccc2c(=O)n1-c1ccc(OC)cc1. The normalized spacial score (nSPS) is 13.0. The summed E-state index contributed by atoms with van der Waals surface area (Å²) in [6, 6.07) is 11.9. The molecular weight excluding hydrogens is 438 g/mol. The minimum atomic E-state index is -0.425. The molecule has 6 nitrogen and oxygen atoms in total. The molecule has 1 aromatic heterocycles. The lowest BCUT2D eigenvalue weighted by molar-refractivity contribution is -0.136. The van der Waals surface area contributed by atoms with Gasteiger partial charge in [-0.3, -0.25) is 14.2 Å². The van der Waals surface area contributed by atoms with Gasteiger partial charge in [0.05, 0.1) is 29.7 Å². The third-order valence-corrected chi connectivity index (χ3v) is 6.47. The predicted octanol–water partition coefficient (Wildman–Crippen LogP) is 5.78. The molecular formula is C26H32ClN3O3. The van der Waals surface area contributed by atoms with Crippen LogP contribution < -0.4 is 10.3 Å². The van der Waals surface area contributed by atoms with Gasteiger partial charge in [0.1, 0.15) is 11.6 Å². The maximum absolute atomic E-state index is 13.6. The minimum Gasteiger partial charge on any atom is -0.497 e. The maximum atomic E-state index is 13.6. The fourth-order valence-corrected chi connectivity index (χ4v) is 4.21. The molecule has 2 aromatic carbocycles. The summed E-state index contributed by atoms with van der Waals surface area (Å²) >= 11 is 6.19. The van der Waals surface area contributed by atoms with E-state index in [9.17, 15) is 9.59 Å². The van der Waals surface area contributed by atoms with Crippen LogP contribution in [0.25, 0.3) is 16.6 Å². The zero-order chi connectivity index (χ0) is 24.1. The first-order valence-electron chi connectivity index (χ1n) is 11.5. The van der Waals surface area contributed by atoms with Gasteiger partial charge in [0.15, 0.2) is 0 Å². The van der Waals surface area contributed by atoms with E-state index < -0.39 is 6.04 Å². The van der Waals surface area contributed by atoms with Gasteiger partial charge < -0.3 is 9.64 Å². The van der Waals surface area contributed by atoms with Crippen molar-refractivity contribution in [2.24, 2.45) is 5.92 Å². The number of fused-ring (bicyclic) bond motifs is 1. The topological polar surface area (TPSA) is 64.4 Å². The number of nitrogens with zero attached hydrogens (tertiary/aromatic N) is 3. The fraction of sp³-hybridized carbons (Fsp3) is 0.423. The number of benzene rings is 2. The van der Waals surface area contributed by atoms with Gasteiger partial charge in [0.2, 0.25) is 5.91 Å². The average molecular weight is 470 g/mol. The Hall–Kier alpha value is -2.86. The largest absolute Gasteiger partial charge is 0.497 e. The number of hydrogen-bond acceptors (Lipinski definition) is 4. The van der Waals surface area contributed by atoms with Crippen molar-refractivity contribution < 1.29 is 9.53 Å². The van der Waals surface area contributed by atoms with E-state index in [1.807, 2.05) is 26.0 Å². The molecule has 3 rings (SSSR count). The minimum absolute atomic E-state index is 0.0477. The molecule has 2 atom stereocenters. The van der Waals surface area contributed by atoms with Gasteiger partial charge in [0.25, 0.3) is 5.56 Å². The summed E-state index contributed by atoms with van der Waals surface area (Å²) < 4.78 is 6.85. The molecule has 0 aliphatic carbocycles. The van der Waals surface area contributed by atoms with Crippen LogP contribution in [-0.4, -0.2) is 34.5 Å². The Morgan fingerprint density at radius 1 is 1.18 bits per heavy atom. The Bertz CT molecular complexity index is 1170. The smallest absolute Gasteiger partial charge is 0.266 e. The maximum Gasteiger partial charge on any atom is 0.266 e. The number of rotatable bonds is 9. The number of aromatic nitrogens is 2. The van der Waals surface area contributed by atoms with Crippen LogP contribution in [0.5, 0.6) is 5.75 Å². The molecule has 0 fully saturated rings. The zero-order valence-electron chi connectivity index (χ0n) is 20.0. The van der Waals surface area contributed by atoms with Crippen molar-refractivity contribution >= 4 is 28.4 Å². The zero-order valence-corrected chi connectivity index (χ0v) is 20.7. The molecule has 1 heterocycles. The summed E-state index contributed by atoms with van der Waals surface area (Å²) in [5.41, 5.74) is 0.964. The third-order valence-electron chi connectivity index (χ3n) is 6.24. The summed E-state index contributed by atoms with van der Waals surface area (Å²) in [5, 5.41) is 0.972. The third kappa shape index (κ3) is 5.22. The standard InChI is InChI=1S/C26H32ClN3O3/c1-6-8-9-18(7-2)25(31)29(4)17(3)24-28-23-16-19(27)10-15-22(23)26(32)30(24)20-11-13-21(33-5)14-12-20/h10-18H,6-9H2,1-5H3. The fourth-order valence-electron chi connectivity index (χ4n) is 4.04. The molecule has 1 amide bonds. The molecule has 0 aliphatic rings. The highest BCUT2D eigenvalue weighted by Crippen LogP contribution is 2.26. The second-order valence-electron chi connectivity index (χ2n) is 8.34. The van der Waals surface area contributed by atoms with E-state index in [4.69, 9.17) is 21.3 Å². The Labute approximate surface area is 200 Å². The van der Waals surface area contributed by atoms with E-state index in [0.717, 1.165) is 25.7 Å². The number of unbranched alkanes of at least 4 members (excludes halogenated alkanes) is 1.